The molecule has 1 aliphatic heterocycles. The van der Waals surface area contributed by atoms with Gasteiger partial charge in [-0.25, -0.2) is 0 Å². The van der Waals surface area contributed by atoms with Crippen molar-refractivity contribution in [1.29, 1.82) is 0 Å². The number of carbonyl (C=O) groups is 1. The Hall–Kier alpha value is -3.03. The number of anilines is 1. The van der Waals surface area contributed by atoms with Gasteiger partial charge in [-0.15, -0.1) is 0 Å². The zero-order valence-electron chi connectivity index (χ0n) is 13.9. The SMILES string of the molecule is O=C1C(=Cc2cccc([N+](=O)[O-])c2)SC(=S)N1c1cccc2ccccc12. The van der Waals surface area contributed by atoms with Crippen LogP contribution in [0.2, 0.25) is 0 Å². The van der Waals surface area contributed by atoms with Gasteiger partial charge in [-0.05, 0) is 23.1 Å². The van der Waals surface area contributed by atoms with Crippen molar-refractivity contribution in [3.63, 3.8) is 0 Å². The number of amides is 1. The van der Waals surface area contributed by atoms with Crippen LogP contribution in [0, 0.1) is 10.1 Å². The Bertz CT molecular complexity index is 1140. The molecule has 3 aromatic carbocycles. The Labute approximate surface area is 164 Å². The van der Waals surface area contributed by atoms with Crippen LogP contribution in [-0.2, 0) is 4.79 Å². The summed E-state index contributed by atoms with van der Waals surface area (Å²) in [5.41, 5.74) is 1.30. The maximum absolute atomic E-state index is 13.0. The predicted octanol–water partition coefficient (Wildman–Crippen LogP) is 5.15. The molecular weight excluding hydrogens is 380 g/mol. The van der Waals surface area contributed by atoms with Gasteiger partial charge in [0.1, 0.15) is 0 Å². The fourth-order valence-electron chi connectivity index (χ4n) is 2.96. The zero-order valence-corrected chi connectivity index (χ0v) is 15.5. The highest BCUT2D eigenvalue weighted by Gasteiger charge is 2.34. The van der Waals surface area contributed by atoms with Crippen molar-refractivity contribution < 1.29 is 9.72 Å². The third kappa shape index (κ3) is 3.22. The van der Waals surface area contributed by atoms with E-state index in [9.17, 15) is 14.9 Å². The second kappa shape index (κ2) is 6.94. The summed E-state index contributed by atoms with van der Waals surface area (Å²) in [6.07, 6.45) is 1.64. The second-order valence-corrected chi connectivity index (χ2v) is 7.54. The Morgan fingerprint density at radius 3 is 2.59 bits per heavy atom. The highest BCUT2D eigenvalue weighted by molar-refractivity contribution is 8.27. The van der Waals surface area contributed by atoms with E-state index < -0.39 is 4.92 Å². The van der Waals surface area contributed by atoms with Crippen molar-refractivity contribution in [2.24, 2.45) is 0 Å². The molecule has 5 nitrogen and oxygen atoms in total. The number of hydrogen-bond acceptors (Lipinski definition) is 5. The van der Waals surface area contributed by atoms with E-state index in [1.54, 1.807) is 18.2 Å². The van der Waals surface area contributed by atoms with Crippen LogP contribution in [0.15, 0.2) is 71.6 Å². The topological polar surface area (TPSA) is 63.4 Å². The Morgan fingerprint density at radius 2 is 1.78 bits per heavy atom. The molecule has 7 heteroatoms. The summed E-state index contributed by atoms with van der Waals surface area (Å²) in [5.74, 6) is -0.229. The van der Waals surface area contributed by atoms with E-state index in [0.29, 0.717) is 14.8 Å². The monoisotopic (exact) mass is 392 g/mol. The van der Waals surface area contributed by atoms with Gasteiger partial charge in [-0.2, -0.15) is 0 Å². The lowest BCUT2D eigenvalue weighted by Crippen LogP contribution is -2.27. The highest BCUT2D eigenvalue weighted by Crippen LogP contribution is 2.39. The van der Waals surface area contributed by atoms with E-state index in [1.807, 2.05) is 42.5 Å². The fraction of sp³-hybridized carbons (Fsp3) is 0. The molecule has 3 aromatic rings. The molecule has 4 rings (SSSR count). The summed E-state index contributed by atoms with van der Waals surface area (Å²) in [6, 6.07) is 19.7. The number of thioether (sulfide) groups is 1. The number of thiocarbonyl (C=S) groups is 1. The van der Waals surface area contributed by atoms with Crippen LogP contribution in [0.4, 0.5) is 11.4 Å². The van der Waals surface area contributed by atoms with Crippen molar-refractivity contribution in [2.45, 2.75) is 0 Å². The quantitative estimate of drug-likeness (QED) is 0.267. The average Bonchev–Trinajstić information content (AvgIpc) is 2.94. The zero-order chi connectivity index (χ0) is 19.0. The molecule has 0 atom stereocenters. The molecule has 0 aromatic heterocycles. The van der Waals surface area contributed by atoms with Crippen LogP contribution in [0.1, 0.15) is 5.56 Å². The molecule has 1 heterocycles. The lowest BCUT2D eigenvalue weighted by molar-refractivity contribution is -0.384. The fourth-order valence-corrected chi connectivity index (χ4v) is 4.24. The minimum absolute atomic E-state index is 0.0201. The van der Waals surface area contributed by atoms with Crippen molar-refractivity contribution in [3.8, 4) is 0 Å². The summed E-state index contributed by atoms with van der Waals surface area (Å²) >= 11 is 6.64. The van der Waals surface area contributed by atoms with Gasteiger partial charge >= 0.3 is 0 Å². The van der Waals surface area contributed by atoms with Crippen molar-refractivity contribution in [2.75, 3.05) is 4.90 Å². The number of hydrogen-bond donors (Lipinski definition) is 0. The third-order valence-corrected chi connectivity index (χ3v) is 5.48. The summed E-state index contributed by atoms with van der Waals surface area (Å²) < 4.78 is 0.438. The molecule has 0 bridgehead atoms. The van der Waals surface area contributed by atoms with Crippen LogP contribution in [0.25, 0.3) is 16.8 Å². The number of nitro groups is 1. The summed E-state index contributed by atoms with van der Waals surface area (Å²) in [6.45, 7) is 0. The molecule has 0 spiro atoms. The maximum Gasteiger partial charge on any atom is 0.270 e. The number of nitrogens with zero attached hydrogens (tertiary/aromatic N) is 2. The van der Waals surface area contributed by atoms with Gasteiger partial charge < -0.3 is 0 Å². The molecule has 27 heavy (non-hydrogen) atoms. The van der Waals surface area contributed by atoms with Gasteiger partial charge in [-0.3, -0.25) is 19.8 Å². The van der Waals surface area contributed by atoms with Crippen LogP contribution in [0.3, 0.4) is 0 Å². The van der Waals surface area contributed by atoms with E-state index in [2.05, 4.69) is 0 Å². The highest BCUT2D eigenvalue weighted by atomic mass is 32.2. The molecule has 1 amide bonds. The lowest BCUT2D eigenvalue weighted by atomic mass is 10.1. The summed E-state index contributed by atoms with van der Waals surface area (Å²) in [5, 5.41) is 12.9. The molecule has 0 unspecified atom stereocenters. The lowest BCUT2D eigenvalue weighted by Gasteiger charge is -2.17. The molecule has 0 N–H and O–H groups in total. The minimum atomic E-state index is -0.460. The number of benzene rings is 3. The Kier molecular flexibility index (Phi) is 4.47. The first-order valence-electron chi connectivity index (χ1n) is 8.05. The molecule has 1 saturated heterocycles. The summed E-state index contributed by atoms with van der Waals surface area (Å²) in [4.78, 5) is 25.4. The van der Waals surface area contributed by atoms with Gasteiger partial charge in [0.05, 0.1) is 15.5 Å². The molecule has 132 valence electrons. The van der Waals surface area contributed by atoms with Gasteiger partial charge in [-0.1, -0.05) is 72.5 Å². The number of nitro benzene ring substituents is 1. The molecule has 0 aliphatic carbocycles. The van der Waals surface area contributed by atoms with Crippen molar-refractivity contribution >= 4 is 62.4 Å². The first-order valence-corrected chi connectivity index (χ1v) is 9.27. The Morgan fingerprint density at radius 1 is 1.04 bits per heavy atom. The van der Waals surface area contributed by atoms with Gasteiger partial charge in [0, 0.05) is 17.5 Å². The van der Waals surface area contributed by atoms with Crippen LogP contribution < -0.4 is 4.90 Å². The minimum Gasteiger partial charge on any atom is -0.268 e. The van der Waals surface area contributed by atoms with Crippen molar-refractivity contribution in [1.82, 2.24) is 0 Å². The number of carbonyl (C=O) groups excluding carboxylic acids is 1. The normalized spacial score (nSPS) is 15.7. The van der Waals surface area contributed by atoms with Gasteiger partial charge in [0.2, 0.25) is 0 Å². The summed E-state index contributed by atoms with van der Waals surface area (Å²) in [7, 11) is 0. The maximum atomic E-state index is 13.0. The van der Waals surface area contributed by atoms with Crippen LogP contribution >= 0.6 is 24.0 Å². The molecule has 0 radical (unpaired) electrons. The van der Waals surface area contributed by atoms with E-state index in [4.69, 9.17) is 12.2 Å². The van der Waals surface area contributed by atoms with Crippen LogP contribution in [-0.4, -0.2) is 15.2 Å². The standard InChI is InChI=1S/C20H12N2O3S2/c23-19-18(12-13-5-3-8-15(11-13)22(24)25)27-20(26)21(19)17-10-4-7-14-6-1-2-9-16(14)17/h1-12H. The van der Waals surface area contributed by atoms with E-state index in [0.717, 1.165) is 16.5 Å². The van der Waals surface area contributed by atoms with E-state index >= 15 is 0 Å². The number of non-ortho nitro benzene ring substituents is 1. The second-order valence-electron chi connectivity index (χ2n) is 5.87. The van der Waals surface area contributed by atoms with Gasteiger partial charge in [0.25, 0.3) is 11.6 Å². The van der Waals surface area contributed by atoms with Gasteiger partial charge in [0.15, 0.2) is 4.32 Å². The first kappa shape index (κ1) is 17.4. The smallest absolute Gasteiger partial charge is 0.268 e. The number of fused-ring (bicyclic) bond motifs is 1. The van der Waals surface area contributed by atoms with E-state index in [1.165, 1.54) is 28.8 Å². The molecular formula is C20H12N2O3S2. The molecule has 1 fully saturated rings. The molecule has 0 saturated carbocycles. The number of rotatable bonds is 3. The first-order chi connectivity index (χ1) is 13.0. The molecule has 1 aliphatic rings. The third-order valence-electron chi connectivity index (χ3n) is 4.18. The van der Waals surface area contributed by atoms with Crippen molar-refractivity contribution in [3.05, 3.63) is 87.3 Å². The Balaban J connectivity index is 1.74. The largest absolute Gasteiger partial charge is 0.270 e. The van der Waals surface area contributed by atoms with E-state index in [-0.39, 0.29) is 11.6 Å². The average molecular weight is 392 g/mol. The van der Waals surface area contributed by atoms with Crippen LogP contribution in [0.5, 0.6) is 0 Å². The predicted molar refractivity (Wildman–Crippen MR) is 113 cm³/mol.